The van der Waals surface area contributed by atoms with Gasteiger partial charge in [0.05, 0.1) is 11.5 Å². The number of nitrogens with zero attached hydrogens (tertiary/aromatic N) is 1. The van der Waals surface area contributed by atoms with Crippen LogP contribution in [0.2, 0.25) is 0 Å². The van der Waals surface area contributed by atoms with Crippen LogP contribution >= 0.6 is 0 Å². The molecule has 100 valence electrons. The van der Waals surface area contributed by atoms with Crippen LogP contribution in [-0.4, -0.2) is 63.0 Å². The van der Waals surface area contributed by atoms with E-state index in [9.17, 15) is 13.2 Å². The van der Waals surface area contributed by atoms with Crippen molar-refractivity contribution in [1.82, 2.24) is 10.2 Å². The highest BCUT2D eigenvalue weighted by Crippen LogP contribution is 2.01. The molecule has 0 aromatic rings. The third-order valence-corrected chi connectivity index (χ3v) is 4.46. The Morgan fingerprint density at radius 1 is 1.47 bits per heavy atom. The Kier molecular flexibility index (Phi) is 5.35. The monoisotopic (exact) mass is 263 g/mol. The van der Waals surface area contributed by atoms with Crippen molar-refractivity contribution in [3.05, 3.63) is 0 Å². The number of primary amides is 1. The normalized spacial score (nSPS) is 22.5. The van der Waals surface area contributed by atoms with E-state index in [4.69, 9.17) is 5.73 Å². The van der Waals surface area contributed by atoms with Gasteiger partial charge < -0.3 is 11.1 Å². The lowest BCUT2D eigenvalue weighted by Gasteiger charge is -2.31. The van der Waals surface area contributed by atoms with Gasteiger partial charge in [-0.15, -0.1) is 0 Å². The summed E-state index contributed by atoms with van der Waals surface area (Å²) in [6, 6.07) is 0.400. The minimum Gasteiger partial charge on any atom is -0.370 e. The van der Waals surface area contributed by atoms with Crippen molar-refractivity contribution < 1.29 is 13.2 Å². The van der Waals surface area contributed by atoms with E-state index in [0.29, 0.717) is 12.6 Å². The highest BCUT2D eigenvalue weighted by atomic mass is 32.2. The molecule has 1 rings (SSSR count). The van der Waals surface area contributed by atoms with Gasteiger partial charge in [0.2, 0.25) is 5.91 Å². The number of hydrogen-bond donors (Lipinski definition) is 2. The number of hydrogen-bond acceptors (Lipinski definition) is 5. The topological polar surface area (TPSA) is 92.5 Å². The SMILES string of the molecule is CC1CN(CCS(=O)(=O)CCC(N)=O)CCN1. The molecule has 1 saturated heterocycles. The Hall–Kier alpha value is -0.660. The molecule has 7 heteroatoms. The van der Waals surface area contributed by atoms with Crippen molar-refractivity contribution in [2.75, 3.05) is 37.7 Å². The number of rotatable bonds is 6. The van der Waals surface area contributed by atoms with E-state index in [-0.39, 0.29) is 17.9 Å². The minimum atomic E-state index is -3.16. The molecule has 1 aliphatic rings. The summed E-state index contributed by atoms with van der Waals surface area (Å²) >= 11 is 0. The summed E-state index contributed by atoms with van der Waals surface area (Å²) in [5, 5.41) is 3.30. The number of sulfone groups is 1. The van der Waals surface area contributed by atoms with Gasteiger partial charge in [-0.05, 0) is 6.92 Å². The molecule has 1 atom stereocenters. The number of nitrogens with one attached hydrogen (secondary N) is 1. The molecule has 1 amide bonds. The van der Waals surface area contributed by atoms with Crippen molar-refractivity contribution in [2.45, 2.75) is 19.4 Å². The molecule has 0 radical (unpaired) electrons. The Morgan fingerprint density at radius 2 is 2.18 bits per heavy atom. The maximum atomic E-state index is 11.6. The highest BCUT2D eigenvalue weighted by molar-refractivity contribution is 7.91. The van der Waals surface area contributed by atoms with Crippen LogP contribution < -0.4 is 11.1 Å². The third kappa shape index (κ3) is 5.99. The molecular weight excluding hydrogens is 242 g/mol. The van der Waals surface area contributed by atoms with E-state index >= 15 is 0 Å². The molecule has 1 aliphatic heterocycles. The van der Waals surface area contributed by atoms with Gasteiger partial charge in [-0.3, -0.25) is 9.69 Å². The summed E-state index contributed by atoms with van der Waals surface area (Å²) in [6.07, 6.45) is -0.0830. The van der Waals surface area contributed by atoms with Crippen LogP contribution in [0.15, 0.2) is 0 Å². The largest absolute Gasteiger partial charge is 0.370 e. The first-order chi connectivity index (χ1) is 7.89. The molecule has 0 aliphatic carbocycles. The van der Waals surface area contributed by atoms with Crippen LogP contribution in [0, 0.1) is 0 Å². The zero-order valence-electron chi connectivity index (χ0n) is 10.2. The maximum absolute atomic E-state index is 11.6. The second-order valence-corrected chi connectivity index (χ2v) is 6.83. The fourth-order valence-corrected chi connectivity index (χ4v) is 3.09. The van der Waals surface area contributed by atoms with Crippen LogP contribution in [0.25, 0.3) is 0 Å². The number of nitrogens with two attached hydrogens (primary N) is 1. The minimum absolute atomic E-state index is 0.0830. The first kappa shape index (κ1) is 14.4. The van der Waals surface area contributed by atoms with E-state index in [2.05, 4.69) is 17.1 Å². The Labute approximate surface area is 102 Å². The van der Waals surface area contributed by atoms with Crippen molar-refractivity contribution in [2.24, 2.45) is 5.73 Å². The van der Waals surface area contributed by atoms with Crippen LogP contribution in [0.5, 0.6) is 0 Å². The van der Waals surface area contributed by atoms with Crippen molar-refractivity contribution in [1.29, 1.82) is 0 Å². The van der Waals surface area contributed by atoms with Crippen LogP contribution in [0.1, 0.15) is 13.3 Å². The smallest absolute Gasteiger partial charge is 0.218 e. The summed E-state index contributed by atoms with van der Waals surface area (Å²) in [5.41, 5.74) is 4.93. The predicted octanol–water partition coefficient (Wildman–Crippen LogP) is -1.43. The fourth-order valence-electron chi connectivity index (χ4n) is 1.84. The molecule has 1 fully saturated rings. The molecule has 1 unspecified atom stereocenters. The lowest BCUT2D eigenvalue weighted by Crippen LogP contribution is -2.50. The Balaban J connectivity index is 2.31. The van der Waals surface area contributed by atoms with Crippen molar-refractivity contribution in [3.63, 3.8) is 0 Å². The summed E-state index contributed by atoms with van der Waals surface area (Å²) < 4.78 is 23.2. The molecule has 0 saturated carbocycles. The average Bonchev–Trinajstić information content (AvgIpc) is 2.24. The fraction of sp³-hybridized carbons (Fsp3) is 0.900. The van der Waals surface area contributed by atoms with Crippen LogP contribution in [-0.2, 0) is 14.6 Å². The summed E-state index contributed by atoms with van der Waals surface area (Å²) in [4.78, 5) is 12.7. The van der Waals surface area contributed by atoms with Gasteiger partial charge in [0.25, 0.3) is 0 Å². The van der Waals surface area contributed by atoms with Gasteiger partial charge in [0.15, 0.2) is 9.84 Å². The zero-order chi connectivity index (χ0) is 12.9. The molecule has 0 bridgehead atoms. The van der Waals surface area contributed by atoms with Gasteiger partial charge in [0, 0.05) is 38.6 Å². The maximum Gasteiger partial charge on any atom is 0.218 e. The highest BCUT2D eigenvalue weighted by Gasteiger charge is 2.18. The van der Waals surface area contributed by atoms with Gasteiger partial charge in [-0.25, -0.2) is 8.42 Å². The lowest BCUT2D eigenvalue weighted by molar-refractivity contribution is -0.117. The Bertz CT molecular complexity index is 356. The third-order valence-electron chi connectivity index (χ3n) is 2.83. The first-order valence-electron chi connectivity index (χ1n) is 5.83. The molecule has 1 heterocycles. The Morgan fingerprint density at radius 3 is 2.76 bits per heavy atom. The molecule has 0 aromatic heterocycles. The van der Waals surface area contributed by atoms with Gasteiger partial charge in [-0.1, -0.05) is 0 Å². The zero-order valence-corrected chi connectivity index (χ0v) is 11.0. The van der Waals surface area contributed by atoms with Crippen molar-refractivity contribution >= 4 is 15.7 Å². The molecule has 3 N–H and O–H groups in total. The van der Waals surface area contributed by atoms with Gasteiger partial charge >= 0.3 is 0 Å². The quantitative estimate of drug-likeness (QED) is 0.613. The number of carbonyl (C=O) groups is 1. The predicted molar refractivity (Wildman–Crippen MR) is 66.4 cm³/mol. The lowest BCUT2D eigenvalue weighted by atomic mass is 10.2. The van der Waals surface area contributed by atoms with E-state index in [1.165, 1.54) is 0 Å². The van der Waals surface area contributed by atoms with E-state index < -0.39 is 15.7 Å². The standard InChI is InChI=1S/C10H21N3O3S/c1-9-8-13(4-3-12-9)5-7-17(15,16)6-2-10(11)14/h9,12H,2-8H2,1H3,(H2,11,14). The number of amides is 1. The summed E-state index contributed by atoms with van der Waals surface area (Å²) in [7, 11) is -3.16. The molecule has 0 spiro atoms. The second-order valence-electron chi connectivity index (χ2n) is 4.52. The average molecular weight is 263 g/mol. The van der Waals surface area contributed by atoms with E-state index in [1.54, 1.807) is 0 Å². The van der Waals surface area contributed by atoms with E-state index in [0.717, 1.165) is 19.6 Å². The number of piperazine rings is 1. The van der Waals surface area contributed by atoms with Crippen molar-refractivity contribution in [3.8, 4) is 0 Å². The van der Waals surface area contributed by atoms with Gasteiger partial charge in [0.1, 0.15) is 0 Å². The first-order valence-corrected chi connectivity index (χ1v) is 7.65. The number of carbonyl (C=O) groups excluding carboxylic acids is 1. The molecule has 17 heavy (non-hydrogen) atoms. The summed E-state index contributed by atoms with van der Waals surface area (Å²) in [6.45, 7) is 5.24. The van der Waals surface area contributed by atoms with Crippen LogP contribution in [0.4, 0.5) is 0 Å². The van der Waals surface area contributed by atoms with E-state index in [1.807, 2.05) is 0 Å². The second kappa shape index (κ2) is 6.32. The van der Waals surface area contributed by atoms with Crippen LogP contribution in [0.3, 0.4) is 0 Å². The molecule has 0 aromatic carbocycles. The summed E-state index contributed by atoms with van der Waals surface area (Å²) in [5.74, 6) is -0.596. The van der Waals surface area contributed by atoms with Gasteiger partial charge in [-0.2, -0.15) is 0 Å². The molecule has 6 nitrogen and oxygen atoms in total. The molecular formula is C10H21N3O3S.